The average molecular weight is 483 g/mol. The van der Waals surface area contributed by atoms with E-state index in [1.807, 2.05) is 0 Å². The number of hydrogen-bond acceptors (Lipinski definition) is 1. The number of hydrogen-bond donors (Lipinski definition) is 1. The first-order chi connectivity index (χ1) is 12.3. The molecule has 150 valence electrons. The SMILES string of the molecule is CCC[CH2][Sn]([CH2]CCC)([CH2]CCC)[C](/C=C\C#C[Si](C)(C)C)=C/CCO. The zero-order valence-electron chi connectivity index (χ0n) is 18.5. The first-order valence-corrected chi connectivity index (χ1v) is 21.8. The summed E-state index contributed by atoms with van der Waals surface area (Å²) in [6, 6.07) is 0. The van der Waals surface area contributed by atoms with Crippen molar-refractivity contribution in [2.75, 3.05) is 6.61 Å². The van der Waals surface area contributed by atoms with Gasteiger partial charge >= 0.3 is 170 Å². The van der Waals surface area contributed by atoms with Crippen molar-refractivity contribution in [3.63, 3.8) is 0 Å². The van der Waals surface area contributed by atoms with E-state index in [0.29, 0.717) is 0 Å². The average Bonchev–Trinajstić information content (AvgIpc) is 2.60. The monoisotopic (exact) mass is 484 g/mol. The van der Waals surface area contributed by atoms with Crippen molar-refractivity contribution in [1.82, 2.24) is 0 Å². The van der Waals surface area contributed by atoms with Crippen molar-refractivity contribution in [1.29, 1.82) is 0 Å². The summed E-state index contributed by atoms with van der Waals surface area (Å²) in [5, 5.41) is 9.42. The van der Waals surface area contributed by atoms with Crippen LogP contribution in [-0.2, 0) is 0 Å². The Balaban J connectivity index is 5.77. The topological polar surface area (TPSA) is 20.2 Å². The summed E-state index contributed by atoms with van der Waals surface area (Å²) in [4.78, 5) is 0. The van der Waals surface area contributed by atoms with Crippen molar-refractivity contribution >= 4 is 26.5 Å². The number of unbranched alkanes of at least 4 members (excludes halogenated alkanes) is 3. The van der Waals surface area contributed by atoms with Gasteiger partial charge in [0.2, 0.25) is 0 Å². The van der Waals surface area contributed by atoms with E-state index < -0.39 is 26.5 Å². The van der Waals surface area contributed by atoms with Crippen LogP contribution in [0.3, 0.4) is 0 Å². The molecule has 0 aliphatic carbocycles. The third kappa shape index (κ3) is 11.7. The van der Waals surface area contributed by atoms with E-state index in [1.165, 1.54) is 51.8 Å². The van der Waals surface area contributed by atoms with Gasteiger partial charge in [-0.2, -0.15) is 0 Å². The van der Waals surface area contributed by atoms with Gasteiger partial charge in [0.1, 0.15) is 0 Å². The second-order valence-electron chi connectivity index (χ2n) is 8.62. The van der Waals surface area contributed by atoms with Crippen LogP contribution in [0.2, 0.25) is 33.0 Å². The molecule has 0 spiro atoms. The fraction of sp³-hybridized carbons (Fsp3) is 0.739. The van der Waals surface area contributed by atoms with E-state index in [4.69, 9.17) is 0 Å². The Morgan fingerprint density at radius 1 is 0.923 bits per heavy atom. The molecule has 0 fully saturated rings. The fourth-order valence-corrected chi connectivity index (χ4v) is 20.3. The fourth-order valence-electron chi connectivity index (χ4n) is 3.42. The van der Waals surface area contributed by atoms with Crippen LogP contribution in [0, 0.1) is 11.5 Å². The summed E-state index contributed by atoms with van der Waals surface area (Å²) < 4.78 is 6.03. The molecular weight excluding hydrogens is 439 g/mol. The van der Waals surface area contributed by atoms with Gasteiger partial charge in [-0.25, -0.2) is 0 Å². The van der Waals surface area contributed by atoms with Gasteiger partial charge in [0.05, 0.1) is 0 Å². The standard InChI is InChI=1S/C11H17OSi.3C4H9.Sn/c1-13(2,3)11-9-7-5-4-6-8-10-12;3*1-3-4-2;/h5-7,12H,8,10H2,1-3H3;3*1,3-4H2,2H3;/b6-4?,7-5-;;;;. The number of aliphatic hydroxyl groups is 1. The van der Waals surface area contributed by atoms with Crippen molar-refractivity contribution in [2.24, 2.45) is 0 Å². The molecule has 0 aliphatic heterocycles. The first-order valence-electron chi connectivity index (χ1n) is 10.9. The molecule has 1 N–H and O–H groups in total. The van der Waals surface area contributed by atoms with Crippen molar-refractivity contribution in [3.05, 3.63) is 21.8 Å². The molecule has 0 aromatic rings. The first kappa shape index (κ1) is 26.0. The van der Waals surface area contributed by atoms with Gasteiger partial charge in [-0.3, -0.25) is 0 Å². The molecule has 0 radical (unpaired) electrons. The maximum absolute atomic E-state index is 9.42. The zero-order chi connectivity index (χ0) is 19.9. The van der Waals surface area contributed by atoms with Crippen LogP contribution in [0.25, 0.3) is 0 Å². The molecule has 0 unspecified atom stereocenters. The molecule has 26 heavy (non-hydrogen) atoms. The molecule has 0 rings (SSSR count). The molecular formula is C23H44OSiSn. The minimum absolute atomic E-state index is 0.259. The molecule has 0 saturated heterocycles. The predicted octanol–water partition coefficient (Wildman–Crippen LogP) is 7.12. The number of allylic oxidation sites excluding steroid dienone is 3. The summed E-state index contributed by atoms with van der Waals surface area (Å²) >= 11 is -2.42. The van der Waals surface area contributed by atoms with Crippen molar-refractivity contribution in [2.45, 2.75) is 98.7 Å². The van der Waals surface area contributed by atoms with Gasteiger partial charge in [-0.05, 0) is 0 Å². The summed E-state index contributed by atoms with van der Waals surface area (Å²) in [7, 11) is -1.32. The van der Waals surface area contributed by atoms with E-state index in [-0.39, 0.29) is 6.61 Å². The zero-order valence-corrected chi connectivity index (χ0v) is 22.3. The number of aliphatic hydroxyl groups excluding tert-OH is 1. The molecule has 0 aliphatic rings. The summed E-state index contributed by atoms with van der Waals surface area (Å²) in [6.45, 7) is 14.1. The molecule has 1 nitrogen and oxygen atoms in total. The Kier molecular flexibility index (Phi) is 15.0. The quantitative estimate of drug-likeness (QED) is 0.168. The van der Waals surface area contributed by atoms with Crippen LogP contribution in [-0.4, -0.2) is 38.2 Å². The molecule has 0 heterocycles. The minimum atomic E-state index is -2.42. The Bertz CT molecular complexity index is 455. The van der Waals surface area contributed by atoms with Crippen LogP contribution in [0.15, 0.2) is 21.8 Å². The molecule has 3 heteroatoms. The van der Waals surface area contributed by atoms with Crippen LogP contribution >= 0.6 is 0 Å². The van der Waals surface area contributed by atoms with E-state index in [1.54, 1.807) is 3.59 Å². The van der Waals surface area contributed by atoms with E-state index in [9.17, 15) is 5.11 Å². The van der Waals surface area contributed by atoms with Gasteiger partial charge in [0, 0.05) is 0 Å². The maximum atomic E-state index is 9.42. The van der Waals surface area contributed by atoms with E-state index >= 15 is 0 Å². The third-order valence-electron chi connectivity index (χ3n) is 4.93. The molecule has 0 aromatic carbocycles. The predicted molar refractivity (Wildman–Crippen MR) is 125 cm³/mol. The van der Waals surface area contributed by atoms with Crippen molar-refractivity contribution in [3.8, 4) is 11.5 Å². The summed E-state index contributed by atoms with van der Waals surface area (Å²) in [5.74, 6) is 3.33. The van der Waals surface area contributed by atoms with E-state index in [0.717, 1.165) is 6.42 Å². The molecule has 0 bridgehead atoms. The van der Waals surface area contributed by atoms with Crippen LogP contribution < -0.4 is 0 Å². The van der Waals surface area contributed by atoms with Crippen LogP contribution in [0.1, 0.15) is 65.7 Å². The second-order valence-corrected chi connectivity index (χ2v) is 26.6. The molecule has 0 saturated carbocycles. The Morgan fingerprint density at radius 2 is 1.42 bits per heavy atom. The van der Waals surface area contributed by atoms with Crippen LogP contribution in [0.5, 0.6) is 0 Å². The third-order valence-corrected chi connectivity index (χ3v) is 21.6. The van der Waals surface area contributed by atoms with Gasteiger partial charge in [0.25, 0.3) is 0 Å². The summed E-state index contributed by atoms with van der Waals surface area (Å²) in [6.07, 6.45) is 15.7. The second kappa shape index (κ2) is 15.0. The van der Waals surface area contributed by atoms with E-state index in [2.05, 4.69) is 70.1 Å². The van der Waals surface area contributed by atoms with Gasteiger partial charge in [0.15, 0.2) is 0 Å². The molecule has 0 amide bonds. The normalized spacial score (nSPS) is 13.1. The Labute approximate surface area is 169 Å². The van der Waals surface area contributed by atoms with Gasteiger partial charge in [-0.15, -0.1) is 0 Å². The Hall–Kier alpha value is 0.0156. The molecule has 0 aromatic heterocycles. The van der Waals surface area contributed by atoms with Crippen molar-refractivity contribution < 1.29 is 5.11 Å². The van der Waals surface area contributed by atoms with Gasteiger partial charge < -0.3 is 0 Å². The Morgan fingerprint density at radius 3 is 1.81 bits per heavy atom. The van der Waals surface area contributed by atoms with Crippen LogP contribution in [0.4, 0.5) is 0 Å². The summed E-state index contributed by atoms with van der Waals surface area (Å²) in [5.41, 5.74) is 3.46. The molecule has 0 atom stereocenters. The van der Waals surface area contributed by atoms with Gasteiger partial charge in [-0.1, -0.05) is 0 Å². The number of rotatable bonds is 13.